The van der Waals surface area contributed by atoms with E-state index in [0.29, 0.717) is 11.4 Å². The van der Waals surface area contributed by atoms with Gasteiger partial charge in [0.2, 0.25) is 0 Å². The van der Waals surface area contributed by atoms with Crippen molar-refractivity contribution in [2.24, 2.45) is 0 Å². The van der Waals surface area contributed by atoms with Gasteiger partial charge in [0.1, 0.15) is 5.69 Å². The summed E-state index contributed by atoms with van der Waals surface area (Å²) in [6.45, 7) is 2.27. The molecule has 0 heterocycles. The maximum absolute atomic E-state index is 11.6. The molecule has 0 aromatic heterocycles. The number of benzene rings is 1. The minimum absolute atomic E-state index is 0.00517. The van der Waals surface area contributed by atoms with Crippen LogP contribution in [0.1, 0.15) is 6.92 Å². The number of anilines is 3. The van der Waals surface area contributed by atoms with Crippen LogP contribution in [-0.4, -0.2) is 20.1 Å². The molecule has 0 aliphatic rings. The predicted molar refractivity (Wildman–Crippen MR) is 78.5 cm³/mol. The first-order valence-electron chi connectivity index (χ1n) is 6.28. The standard InChI is InChI=1S/C14H14N2O5/c1-3-20-14-10(11(18)12(14)19)16-9-6-4-5-8(15-2)13(9)21-7-17/h4-7,15-16H,3H2,1-2H3. The van der Waals surface area contributed by atoms with Gasteiger partial charge in [0.05, 0.1) is 18.0 Å². The van der Waals surface area contributed by atoms with Crippen LogP contribution >= 0.6 is 0 Å². The normalized spacial score (nSPS) is 10.2. The van der Waals surface area contributed by atoms with Crippen LogP contribution in [0.3, 0.4) is 0 Å². The van der Waals surface area contributed by atoms with E-state index in [2.05, 4.69) is 10.6 Å². The molecule has 7 nitrogen and oxygen atoms in total. The number of nitrogens with one attached hydrogen (secondary N) is 2. The van der Waals surface area contributed by atoms with Gasteiger partial charge in [-0.2, -0.15) is 0 Å². The average Bonchev–Trinajstić information content (AvgIpc) is 2.51. The molecule has 0 spiro atoms. The fraction of sp³-hybridized carbons (Fsp3) is 0.214. The number of hydrogen-bond acceptors (Lipinski definition) is 7. The fourth-order valence-corrected chi connectivity index (χ4v) is 1.91. The molecule has 7 heteroatoms. The van der Waals surface area contributed by atoms with E-state index in [-0.39, 0.29) is 30.3 Å². The molecule has 0 unspecified atom stereocenters. The van der Waals surface area contributed by atoms with Crippen molar-refractivity contribution >= 4 is 23.5 Å². The molecule has 0 radical (unpaired) electrons. The summed E-state index contributed by atoms with van der Waals surface area (Å²) in [4.78, 5) is 33.6. The van der Waals surface area contributed by atoms with Crippen LogP contribution in [0.15, 0.2) is 27.8 Å². The molecule has 0 saturated carbocycles. The van der Waals surface area contributed by atoms with Gasteiger partial charge in [-0.25, -0.2) is 0 Å². The van der Waals surface area contributed by atoms with Gasteiger partial charge in [-0.1, -0.05) is 6.07 Å². The third-order valence-corrected chi connectivity index (χ3v) is 2.87. The summed E-state index contributed by atoms with van der Waals surface area (Å²) >= 11 is 0. The highest BCUT2D eigenvalue weighted by Gasteiger charge is 2.23. The molecule has 0 saturated heterocycles. The summed E-state index contributed by atoms with van der Waals surface area (Å²) in [6, 6.07) is 5.03. The molecule has 0 amide bonds. The highest BCUT2D eigenvalue weighted by molar-refractivity contribution is 5.80. The van der Waals surface area contributed by atoms with Gasteiger partial charge in [0.15, 0.2) is 11.5 Å². The summed E-state index contributed by atoms with van der Waals surface area (Å²) in [5.74, 6) is 0.222. The van der Waals surface area contributed by atoms with Gasteiger partial charge >= 0.3 is 0 Å². The lowest BCUT2D eigenvalue weighted by molar-refractivity contribution is -0.120. The molecular formula is C14H14N2O5. The topological polar surface area (TPSA) is 93.7 Å². The van der Waals surface area contributed by atoms with Crippen LogP contribution in [0, 0.1) is 0 Å². The van der Waals surface area contributed by atoms with Gasteiger partial charge in [-0.05, 0) is 19.1 Å². The van der Waals surface area contributed by atoms with E-state index in [0.717, 1.165) is 0 Å². The molecule has 2 aromatic rings. The third-order valence-electron chi connectivity index (χ3n) is 2.87. The van der Waals surface area contributed by atoms with Crippen molar-refractivity contribution in [2.75, 3.05) is 24.3 Å². The molecule has 0 atom stereocenters. The van der Waals surface area contributed by atoms with E-state index >= 15 is 0 Å². The molecule has 0 bridgehead atoms. The van der Waals surface area contributed by atoms with E-state index in [1.807, 2.05) is 0 Å². The molecule has 2 rings (SSSR count). The lowest BCUT2D eigenvalue weighted by Gasteiger charge is -2.16. The molecular weight excluding hydrogens is 276 g/mol. The SMILES string of the molecule is CCOc1c(Nc2cccc(NC)c2OC=O)c(=O)c1=O. The number of rotatable bonds is 7. The summed E-state index contributed by atoms with van der Waals surface area (Å²) in [5.41, 5.74) is -0.330. The molecule has 0 fully saturated rings. The summed E-state index contributed by atoms with van der Waals surface area (Å²) in [7, 11) is 1.67. The first-order chi connectivity index (χ1) is 10.1. The van der Waals surface area contributed by atoms with Crippen LogP contribution in [0.25, 0.3) is 0 Å². The Bertz CT molecular complexity index is 731. The van der Waals surface area contributed by atoms with Crippen molar-refractivity contribution in [3.63, 3.8) is 0 Å². The Morgan fingerprint density at radius 3 is 2.48 bits per heavy atom. The Morgan fingerprint density at radius 1 is 1.14 bits per heavy atom. The van der Waals surface area contributed by atoms with Crippen molar-refractivity contribution in [3.05, 3.63) is 38.6 Å². The maximum Gasteiger partial charge on any atom is 0.298 e. The number of carbonyl (C=O) groups excluding carboxylic acids is 1. The minimum Gasteiger partial charge on any atom is -0.488 e. The first kappa shape index (κ1) is 14.6. The highest BCUT2D eigenvalue weighted by atomic mass is 16.5. The Kier molecular flexibility index (Phi) is 4.22. The Hall–Kier alpha value is -2.83. The monoisotopic (exact) mass is 290 g/mol. The van der Waals surface area contributed by atoms with E-state index in [1.165, 1.54) is 0 Å². The van der Waals surface area contributed by atoms with Gasteiger partial charge in [0.25, 0.3) is 17.3 Å². The number of ether oxygens (including phenoxy) is 2. The zero-order chi connectivity index (χ0) is 15.4. The number of para-hydroxylation sites is 1. The second-order valence-corrected chi connectivity index (χ2v) is 4.07. The quantitative estimate of drug-likeness (QED) is 0.580. The minimum atomic E-state index is -0.665. The molecule has 0 aliphatic carbocycles. The summed E-state index contributed by atoms with van der Waals surface area (Å²) in [6.07, 6.45) is 0. The highest BCUT2D eigenvalue weighted by Crippen LogP contribution is 2.35. The molecule has 2 aromatic carbocycles. The zero-order valence-corrected chi connectivity index (χ0v) is 11.6. The Morgan fingerprint density at radius 2 is 1.86 bits per heavy atom. The largest absolute Gasteiger partial charge is 0.488 e. The summed E-state index contributed by atoms with van der Waals surface area (Å²) in [5, 5.41) is 5.65. The van der Waals surface area contributed by atoms with Crippen molar-refractivity contribution in [1.82, 2.24) is 0 Å². The lowest BCUT2D eigenvalue weighted by atomic mass is 10.2. The van der Waals surface area contributed by atoms with Crippen molar-refractivity contribution in [1.29, 1.82) is 0 Å². The lowest BCUT2D eigenvalue weighted by Crippen LogP contribution is -2.35. The molecule has 0 aliphatic heterocycles. The molecule has 21 heavy (non-hydrogen) atoms. The third kappa shape index (κ3) is 2.58. The van der Waals surface area contributed by atoms with Crippen LogP contribution in [0.2, 0.25) is 0 Å². The maximum atomic E-state index is 11.6. The molecule has 2 N–H and O–H groups in total. The second-order valence-electron chi connectivity index (χ2n) is 4.07. The average molecular weight is 290 g/mol. The van der Waals surface area contributed by atoms with Crippen LogP contribution in [0.5, 0.6) is 11.5 Å². The van der Waals surface area contributed by atoms with Gasteiger partial charge in [0, 0.05) is 7.05 Å². The van der Waals surface area contributed by atoms with E-state index in [1.54, 1.807) is 32.2 Å². The smallest absolute Gasteiger partial charge is 0.298 e. The van der Waals surface area contributed by atoms with Crippen LogP contribution < -0.4 is 31.0 Å². The van der Waals surface area contributed by atoms with E-state index in [4.69, 9.17) is 9.47 Å². The van der Waals surface area contributed by atoms with E-state index < -0.39 is 10.9 Å². The fourth-order valence-electron chi connectivity index (χ4n) is 1.91. The van der Waals surface area contributed by atoms with Crippen molar-refractivity contribution < 1.29 is 14.3 Å². The van der Waals surface area contributed by atoms with Crippen molar-refractivity contribution in [3.8, 4) is 11.5 Å². The van der Waals surface area contributed by atoms with Gasteiger partial charge < -0.3 is 20.1 Å². The summed E-state index contributed by atoms with van der Waals surface area (Å²) < 4.78 is 10.0. The van der Waals surface area contributed by atoms with Crippen LogP contribution in [-0.2, 0) is 4.79 Å². The predicted octanol–water partition coefficient (Wildman–Crippen LogP) is 1.00. The second kappa shape index (κ2) is 6.08. The van der Waals surface area contributed by atoms with E-state index in [9.17, 15) is 14.4 Å². The molecule has 110 valence electrons. The first-order valence-corrected chi connectivity index (χ1v) is 6.28. The van der Waals surface area contributed by atoms with Gasteiger partial charge in [-0.15, -0.1) is 0 Å². The number of carbonyl (C=O) groups is 1. The zero-order valence-electron chi connectivity index (χ0n) is 11.6. The Labute approximate surface area is 120 Å². The van der Waals surface area contributed by atoms with Crippen LogP contribution in [0.4, 0.5) is 17.1 Å². The van der Waals surface area contributed by atoms with Crippen molar-refractivity contribution in [2.45, 2.75) is 6.92 Å². The Balaban J connectivity index is 2.40. The number of hydrogen-bond donors (Lipinski definition) is 2. The van der Waals surface area contributed by atoms with Gasteiger partial charge in [-0.3, -0.25) is 14.4 Å².